The molecular formula is C35H37ClF3N3O2. The lowest BCUT2D eigenvalue weighted by Gasteiger charge is -2.45. The van der Waals surface area contributed by atoms with Crippen LogP contribution in [0.4, 0.5) is 13.2 Å². The maximum atomic E-state index is 14.5. The predicted molar refractivity (Wildman–Crippen MR) is 166 cm³/mol. The number of amides is 1. The quantitative estimate of drug-likeness (QED) is 0.189. The number of aryl methyl sites for hydroxylation is 1. The minimum atomic E-state index is -1.31. The molecule has 6 rings (SSSR count). The molecule has 9 heteroatoms. The fourth-order valence-electron chi connectivity index (χ4n) is 6.39. The summed E-state index contributed by atoms with van der Waals surface area (Å²) < 4.78 is 46.4. The number of nitrogens with zero attached hydrogens (tertiary/aromatic N) is 2. The van der Waals surface area contributed by atoms with Crippen molar-refractivity contribution in [3.05, 3.63) is 105 Å². The number of hydrogen-bond donors (Lipinski definition) is 1. The minimum Gasteiger partial charge on any atom is -0.488 e. The van der Waals surface area contributed by atoms with E-state index in [4.69, 9.17) is 16.3 Å². The lowest BCUT2D eigenvalue weighted by Crippen LogP contribution is -2.61. The SMILES string of the molecule is CCN1C[C@H]2CC(c3ccc(CCCOc4c(F)ccc(F)c4F)cc3)=C(C(=O)N(Cc3ccccc3Cl)C3CC3)[C@@H](C1)N2. The molecule has 232 valence electrons. The van der Waals surface area contributed by atoms with Crippen LogP contribution < -0.4 is 10.1 Å². The number of ether oxygens (including phenoxy) is 1. The Bertz CT molecular complexity index is 1540. The molecule has 0 spiro atoms. The molecule has 2 fully saturated rings. The molecule has 3 aromatic rings. The van der Waals surface area contributed by atoms with Gasteiger partial charge in [0, 0.05) is 42.3 Å². The number of rotatable bonds is 11. The van der Waals surface area contributed by atoms with Crippen molar-refractivity contribution >= 4 is 23.1 Å². The highest BCUT2D eigenvalue weighted by atomic mass is 35.5. The van der Waals surface area contributed by atoms with Gasteiger partial charge in [0.15, 0.2) is 17.4 Å². The standard InChI is InChI=1S/C35H37ClF3N3O2/c1-2-41-20-25-18-27(23-11-9-22(10-12-23)6-5-17-44-34-30(38)16-15-29(37)33(34)39)32(31(21-41)40-25)35(43)42(26-13-14-26)19-24-7-3-4-8-28(24)36/h3-4,7-12,15-16,25-26,31,40H,2,5-6,13-14,17-21H2,1H3/t25-,31-/m1/s1. The smallest absolute Gasteiger partial charge is 0.252 e. The second-order valence-electron chi connectivity index (χ2n) is 11.9. The van der Waals surface area contributed by atoms with Crippen LogP contribution in [0.5, 0.6) is 5.75 Å². The van der Waals surface area contributed by atoms with E-state index in [1.54, 1.807) is 0 Å². The first-order valence-electron chi connectivity index (χ1n) is 15.4. The number of piperazine rings is 1. The monoisotopic (exact) mass is 623 g/mol. The van der Waals surface area contributed by atoms with Crippen LogP contribution in [0.2, 0.25) is 5.02 Å². The maximum Gasteiger partial charge on any atom is 0.252 e. The molecule has 1 saturated carbocycles. The summed E-state index contributed by atoms with van der Waals surface area (Å²) in [5.74, 6) is -3.98. The van der Waals surface area contributed by atoms with Crippen LogP contribution in [-0.4, -0.2) is 60.1 Å². The van der Waals surface area contributed by atoms with Crippen LogP contribution in [0.1, 0.15) is 49.3 Å². The van der Waals surface area contributed by atoms with Crippen LogP contribution in [0.25, 0.3) is 5.57 Å². The molecule has 3 aliphatic rings. The van der Waals surface area contributed by atoms with Gasteiger partial charge in [0.05, 0.1) is 12.6 Å². The second-order valence-corrected chi connectivity index (χ2v) is 12.3. The highest BCUT2D eigenvalue weighted by Gasteiger charge is 2.42. The topological polar surface area (TPSA) is 44.8 Å². The number of benzene rings is 3. The van der Waals surface area contributed by atoms with E-state index in [1.165, 1.54) is 0 Å². The number of hydrogen-bond acceptors (Lipinski definition) is 4. The number of nitrogens with one attached hydrogen (secondary N) is 1. The Morgan fingerprint density at radius 1 is 1.02 bits per heavy atom. The summed E-state index contributed by atoms with van der Waals surface area (Å²) in [5.41, 5.74) is 4.96. The second kappa shape index (κ2) is 13.3. The van der Waals surface area contributed by atoms with Gasteiger partial charge in [-0.05, 0) is 79.1 Å². The van der Waals surface area contributed by atoms with Crippen molar-refractivity contribution in [3.8, 4) is 5.75 Å². The van der Waals surface area contributed by atoms with Crippen LogP contribution in [-0.2, 0) is 17.8 Å². The largest absolute Gasteiger partial charge is 0.488 e. The van der Waals surface area contributed by atoms with Crippen molar-refractivity contribution in [2.75, 3.05) is 26.2 Å². The molecule has 44 heavy (non-hydrogen) atoms. The van der Waals surface area contributed by atoms with Crippen LogP contribution >= 0.6 is 11.6 Å². The molecule has 0 radical (unpaired) electrons. The van der Waals surface area contributed by atoms with Crippen molar-refractivity contribution in [2.24, 2.45) is 0 Å². The molecule has 2 atom stereocenters. The summed E-state index contributed by atoms with van der Waals surface area (Å²) in [6.45, 7) is 5.36. The van der Waals surface area contributed by atoms with Crippen molar-refractivity contribution in [1.29, 1.82) is 0 Å². The van der Waals surface area contributed by atoms with Gasteiger partial charge in [0.2, 0.25) is 5.82 Å². The summed E-state index contributed by atoms with van der Waals surface area (Å²) in [4.78, 5) is 18.9. The van der Waals surface area contributed by atoms with E-state index >= 15 is 0 Å². The molecule has 5 nitrogen and oxygen atoms in total. The number of carbonyl (C=O) groups is 1. The molecule has 1 saturated heterocycles. The highest BCUT2D eigenvalue weighted by molar-refractivity contribution is 6.31. The van der Waals surface area contributed by atoms with Crippen LogP contribution in [0.3, 0.4) is 0 Å². The lowest BCUT2D eigenvalue weighted by atomic mass is 9.82. The Hall–Kier alpha value is -3.33. The van der Waals surface area contributed by atoms with Gasteiger partial charge in [-0.1, -0.05) is 61.0 Å². The van der Waals surface area contributed by atoms with Crippen molar-refractivity contribution in [2.45, 2.75) is 63.7 Å². The van der Waals surface area contributed by atoms with Gasteiger partial charge >= 0.3 is 0 Å². The van der Waals surface area contributed by atoms with Crippen molar-refractivity contribution < 1.29 is 22.7 Å². The van der Waals surface area contributed by atoms with E-state index in [0.717, 1.165) is 78.9 Å². The van der Waals surface area contributed by atoms with E-state index in [1.807, 2.05) is 41.3 Å². The van der Waals surface area contributed by atoms with Crippen LogP contribution in [0, 0.1) is 17.5 Å². The first-order chi connectivity index (χ1) is 21.3. The van der Waals surface area contributed by atoms with Gasteiger partial charge < -0.3 is 19.9 Å². The fourth-order valence-corrected chi connectivity index (χ4v) is 6.59. The van der Waals surface area contributed by atoms with Gasteiger partial charge in [-0.2, -0.15) is 4.39 Å². The van der Waals surface area contributed by atoms with Gasteiger partial charge in [-0.15, -0.1) is 0 Å². The van der Waals surface area contributed by atoms with E-state index in [9.17, 15) is 18.0 Å². The van der Waals surface area contributed by atoms with E-state index < -0.39 is 23.2 Å². The summed E-state index contributed by atoms with van der Waals surface area (Å²) in [6.07, 6.45) is 3.88. The third-order valence-corrected chi connectivity index (χ3v) is 9.23. The zero-order chi connectivity index (χ0) is 30.8. The average molecular weight is 624 g/mol. The number of likely N-dealkylation sites (N-methyl/N-ethyl adjacent to an activating group) is 1. The molecule has 0 aromatic heterocycles. The van der Waals surface area contributed by atoms with Crippen molar-refractivity contribution in [1.82, 2.24) is 15.1 Å². The third kappa shape index (κ3) is 6.67. The molecular weight excluding hydrogens is 587 g/mol. The maximum absolute atomic E-state index is 14.5. The first kappa shape index (κ1) is 30.7. The minimum absolute atomic E-state index is 0.0498. The van der Waals surface area contributed by atoms with Gasteiger partial charge in [0.1, 0.15) is 0 Å². The molecule has 1 aliphatic carbocycles. The third-order valence-electron chi connectivity index (χ3n) is 8.87. The Labute approximate surface area is 261 Å². The summed E-state index contributed by atoms with van der Waals surface area (Å²) >= 11 is 6.52. The van der Waals surface area contributed by atoms with E-state index in [2.05, 4.69) is 29.3 Å². The summed E-state index contributed by atoms with van der Waals surface area (Å²) in [6, 6.07) is 18.0. The predicted octanol–water partition coefficient (Wildman–Crippen LogP) is 6.78. The summed E-state index contributed by atoms with van der Waals surface area (Å²) in [7, 11) is 0. The molecule has 3 aromatic carbocycles. The molecule has 1 N–H and O–H groups in total. The van der Waals surface area contributed by atoms with Gasteiger partial charge in [0.25, 0.3) is 5.91 Å². The first-order valence-corrected chi connectivity index (χ1v) is 15.8. The Morgan fingerprint density at radius 2 is 1.77 bits per heavy atom. The van der Waals surface area contributed by atoms with Gasteiger partial charge in [-0.3, -0.25) is 4.79 Å². The number of fused-ring (bicyclic) bond motifs is 2. The highest BCUT2D eigenvalue weighted by Crippen LogP contribution is 2.38. The average Bonchev–Trinajstić information content (AvgIpc) is 3.87. The zero-order valence-electron chi connectivity index (χ0n) is 24.8. The molecule has 0 unspecified atom stereocenters. The van der Waals surface area contributed by atoms with E-state index in [0.29, 0.717) is 24.4 Å². The number of halogens is 4. The number of carbonyl (C=O) groups excluding carboxylic acids is 1. The Balaban J connectivity index is 1.22. The lowest BCUT2D eigenvalue weighted by molar-refractivity contribution is -0.128. The summed E-state index contributed by atoms with van der Waals surface area (Å²) in [5, 5.41) is 4.41. The normalized spacial score (nSPS) is 20.1. The molecule has 2 bridgehead atoms. The van der Waals surface area contributed by atoms with Crippen molar-refractivity contribution in [3.63, 3.8) is 0 Å². The van der Waals surface area contributed by atoms with Crippen LogP contribution in [0.15, 0.2) is 66.2 Å². The molecule has 2 aliphatic heterocycles. The fraction of sp³-hybridized carbons (Fsp3) is 0.400. The van der Waals surface area contributed by atoms with E-state index in [-0.39, 0.29) is 30.6 Å². The zero-order valence-corrected chi connectivity index (χ0v) is 25.6. The molecule has 2 heterocycles. The Kier molecular flexibility index (Phi) is 9.31. The molecule has 1 amide bonds. The Morgan fingerprint density at radius 3 is 2.50 bits per heavy atom. The van der Waals surface area contributed by atoms with Gasteiger partial charge in [-0.25, -0.2) is 8.78 Å².